The fraction of sp³-hybridized carbons (Fsp3) is 0.278. The SMILES string of the molecule is CNC(C(=O)NCCc1csc(-c2ccccc2)n1)c1cnn(C)c1.Cl. The maximum absolute atomic E-state index is 12.4. The van der Waals surface area contributed by atoms with Crippen LogP contribution in [-0.4, -0.2) is 34.3 Å². The Bertz CT molecular complexity index is 833. The van der Waals surface area contributed by atoms with Crippen LogP contribution in [0.15, 0.2) is 48.1 Å². The van der Waals surface area contributed by atoms with Crippen LogP contribution in [0.2, 0.25) is 0 Å². The molecule has 2 heterocycles. The van der Waals surface area contributed by atoms with Gasteiger partial charge < -0.3 is 10.6 Å². The predicted molar refractivity (Wildman–Crippen MR) is 107 cm³/mol. The van der Waals surface area contributed by atoms with E-state index in [1.54, 1.807) is 29.3 Å². The normalized spacial score (nSPS) is 11.6. The first-order valence-corrected chi connectivity index (χ1v) is 8.98. The average molecular weight is 392 g/mol. The van der Waals surface area contributed by atoms with E-state index in [4.69, 9.17) is 0 Å². The lowest BCUT2D eigenvalue weighted by Gasteiger charge is -2.14. The Hall–Kier alpha value is -2.22. The summed E-state index contributed by atoms with van der Waals surface area (Å²) in [5.74, 6) is -0.0611. The second-order valence-corrected chi connectivity index (χ2v) is 6.58. The van der Waals surface area contributed by atoms with Gasteiger partial charge >= 0.3 is 0 Å². The predicted octanol–water partition coefficient (Wildman–Crippen LogP) is 2.58. The molecule has 8 heteroatoms. The van der Waals surface area contributed by atoms with Gasteiger partial charge in [-0.25, -0.2) is 4.98 Å². The Labute approximate surface area is 163 Å². The summed E-state index contributed by atoms with van der Waals surface area (Å²) in [7, 11) is 3.60. The molecule has 1 unspecified atom stereocenters. The average Bonchev–Trinajstić information content (AvgIpc) is 3.26. The van der Waals surface area contributed by atoms with E-state index < -0.39 is 6.04 Å². The third kappa shape index (κ3) is 4.91. The van der Waals surface area contributed by atoms with E-state index in [2.05, 4.69) is 32.8 Å². The van der Waals surface area contributed by atoms with Crippen LogP contribution in [0.25, 0.3) is 10.6 Å². The first kappa shape index (κ1) is 20.1. The van der Waals surface area contributed by atoms with Crippen LogP contribution in [0.5, 0.6) is 0 Å². The largest absolute Gasteiger partial charge is 0.354 e. The number of carbonyl (C=O) groups excluding carboxylic acids is 1. The number of benzene rings is 1. The summed E-state index contributed by atoms with van der Waals surface area (Å²) in [4.78, 5) is 17.0. The van der Waals surface area contributed by atoms with Gasteiger partial charge in [0.2, 0.25) is 5.91 Å². The molecule has 1 aromatic carbocycles. The Balaban J connectivity index is 0.00000243. The molecule has 2 N–H and O–H groups in total. The number of likely N-dealkylation sites (N-methyl/N-ethyl adjacent to an activating group) is 1. The summed E-state index contributed by atoms with van der Waals surface area (Å²) in [6, 6.07) is 9.71. The number of carbonyl (C=O) groups is 1. The lowest BCUT2D eigenvalue weighted by Crippen LogP contribution is -2.36. The van der Waals surface area contributed by atoms with E-state index >= 15 is 0 Å². The van der Waals surface area contributed by atoms with Crippen LogP contribution in [-0.2, 0) is 18.3 Å². The van der Waals surface area contributed by atoms with Crippen molar-refractivity contribution in [2.75, 3.05) is 13.6 Å². The van der Waals surface area contributed by atoms with Gasteiger partial charge in [-0.15, -0.1) is 23.7 Å². The minimum atomic E-state index is -0.399. The van der Waals surface area contributed by atoms with Crippen molar-refractivity contribution in [3.05, 3.63) is 59.4 Å². The van der Waals surface area contributed by atoms with E-state index in [9.17, 15) is 4.79 Å². The van der Waals surface area contributed by atoms with E-state index in [1.165, 1.54) is 0 Å². The van der Waals surface area contributed by atoms with E-state index in [-0.39, 0.29) is 18.3 Å². The van der Waals surface area contributed by atoms with Crippen molar-refractivity contribution >= 4 is 29.7 Å². The maximum atomic E-state index is 12.4. The highest BCUT2D eigenvalue weighted by atomic mass is 35.5. The van der Waals surface area contributed by atoms with Gasteiger partial charge in [-0.05, 0) is 7.05 Å². The number of aromatic nitrogens is 3. The van der Waals surface area contributed by atoms with Crippen molar-refractivity contribution in [3.8, 4) is 10.6 Å². The molecule has 0 saturated heterocycles. The summed E-state index contributed by atoms with van der Waals surface area (Å²) in [6.07, 6.45) is 4.25. The van der Waals surface area contributed by atoms with Crippen molar-refractivity contribution < 1.29 is 4.79 Å². The second kappa shape index (κ2) is 9.47. The van der Waals surface area contributed by atoms with Crippen LogP contribution in [0.4, 0.5) is 0 Å². The van der Waals surface area contributed by atoms with E-state index in [1.807, 2.05) is 36.8 Å². The number of rotatable bonds is 7. The Morgan fingerprint density at radius 2 is 2.08 bits per heavy atom. The molecule has 6 nitrogen and oxygen atoms in total. The quantitative estimate of drug-likeness (QED) is 0.649. The molecule has 0 radical (unpaired) electrons. The van der Waals surface area contributed by atoms with Crippen LogP contribution < -0.4 is 10.6 Å². The number of nitrogens with one attached hydrogen (secondary N) is 2. The number of aryl methyl sites for hydroxylation is 1. The molecule has 3 aromatic rings. The van der Waals surface area contributed by atoms with Crippen LogP contribution in [0.3, 0.4) is 0 Å². The zero-order valence-corrected chi connectivity index (χ0v) is 16.3. The fourth-order valence-corrected chi connectivity index (χ4v) is 3.45. The minimum absolute atomic E-state index is 0. The highest BCUT2D eigenvalue weighted by Crippen LogP contribution is 2.23. The number of amides is 1. The summed E-state index contributed by atoms with van der Waals surface area (Å²) >= 11 is 1.62. The first-order chi connectivity index (χ1) is 12.2. The Kier molecular flexibility index (Phi) is 7.32. The zero-order chi connectivity index (χ0) is 17.6. The smallest absolute Gasteiger partial charge is 0.241 e. The molecule has 0 aliphatic heterocycles. The molecule has 0 saturated carbocycles. The standard InChI is InChI=1S/C18H21N5OS.ClH/c1-19-16(14-10-21-23(2)11-14)17(24)20-9-8-15-12-25-18(22-15)13-6-4-3-5-7-13;/h3-7,10-12,16,19H,8-9H2,1-2H3,(H,20,24);1H. The molecule has 0 aliphatic carbocycles. The topological polar surface area (TPSA) is 71.8 Å². The molecule has 1 atom stereocenters. The summed E-state index contributed by atoms with van der Waals surface area (Å²) < 4.78 is 1.69. The molecule has 138 valence electrons. The number of halogens is 1. The van der Waals surface area contributed by atoms with Gasteiger partial charge in [0.25, 0.3) is 0 Å². The van der Waals surface area contributed by atoms with Gasteiger partial charge in [-0.1, -0.05) is 30.3 Å². The maximum Gasteiger partial charge on any atom is 0.241 e. The van der Waals surface area contributed by atoms with Crippen molar-refractivity contribution in [2.24, 2.45) is 7.05 Å². The summed E-state index contributed by atoms with van der Waals surface area (Å²) in [5, 5.41) is 13.2. The molecule has 0 spiro atoms. The lowest BCUT2D eigenvalue weighted by molar-refractivity contribution is -0.123. The number of hydrogen-bond acceptors (Lipinski definition) is 5. The molecule has 1 amide bonds. The molecule has 3 rings (SSSR count). The highest BCUT2D eigenvalue weighted by molar-refractivity contribution is 7.13. The molecular formula is C18H22ClN5OS. The molecule has 2 aromatic heterocycles. The van der Waals surface area contributed by atoms with Crippen molar-refractivity contribution in [1.29, 1.82) is 0 Å². The number of thiazole rings is 1. The van der Waals surface area contributed by atoms with Crippen molar-refractivity contribution in [2.45, 2.75) is 12.5 Å². The summed E-state index contributed by atoms with van der Waals surface area (Å²) in [5.41, 5.74) is 2.96. The Morgan fingerprint density at radius 3 is 2.73 bits per heavy atom. The Morgan fingerprint density at radius 1 is 1.31 bits per heavy atom. The van der Waals surface area contributed by atoms with Crippen LogP contribution >= 0.6 is 23.7 Å². The lowest BCUT2D eigenvalue weighted by atomic mass is 10.1. The minimum Gasteiger partial charge on any atom is -0.354 e. The van der Waals surface area contributed by atoms with Crippen molar-refractivity contribution in [1.82, 2.24) is 25.4 Å². The highest BCUT2D eigenvalue weighted by Gasteiger charge is 2.19. The third-order valence-electron chi connectivity index (χ3n) is 3.86. The first-order valence-electron chi connectivity index (χ1n) is 8.10. The fourth-order valence-electron chi connectivity index (χ4n) is 2.59. The van der Waals surface area contributed by atoms with Gasteiger partial charge in [-0.2, -0.15) is 5.10 Å². The second-order valence-electron chi connectivity index (χ2n) is 5.72. The van der Waals surface area contributed by atoms with E-state index in [0.29, 0.717) is 13.0 Å². The van der Waals surface area contributed by atoms with Gasteiger partial charge in [0, 0.05) is 42.7 Å². The van der Waals surface area contributed by atoms with Gasteiger partial charge in [-0.3, -0.25) is 9.48 Å². The molecule has 0 bridgehead atoms. The third-order valence-corrected chi connectivity index (χ3v) is 4.80. The number of hydrogen-bond donors (Lipinski definition) is 2. The van der Waals surface area contributed by atoms with Gasteiger partial charge in [0.15, 0.2) is 0 Å². The zero-order valence-electron chi connectivity index (χ0n) is 14.7. The summed E-state index contributed by atoms with van der Waals surface area (Å²) in [6.45, 7) is 0.551. The van der Waals surface area contributed by atoms with Crippen LogP contribution in [0, 0.1) is 0 Å². The van der Waals surface area contributed by atoms with Crippen LogP contribution in [0.1, 0.15) is 17.3 Å². The number of nitrogens with zero attached hydrogens (tertiary/aromatic N) is 3. The molecule has 0 aliphatic rings. The van der Waals surface area contributed by atoms with Gasteiger partial charge in [0.1, 0.15) is 11.0 Å². The van der Waals surface area contributed by atoms with Crippen molar-refractivity contribution in [3.63, 3.8) is 0 Å². The van der Waals surface area contributed by atoms with E-state index in [0.717, 1.165) is 21.8 Å². The monoisotopic (exact) mass is 391 g/mol. The molecular weight excluding hydrogens is 370 g/mol. The van der Waals surface area contributed by atoms with Gasteiger partial charge in [0.05, 0.1) is 11.9 Å². The molecule has 26 heavy (non-hydrogen) atoms. The molecule has 0 fully saturated rings.